The van der Waals surface area contributed by atoms with Crippen molar-refractivity contribution in [1.29, 1.82) is 0 Å². The maximum Gasteiger partial charge on any atom is 0.277 e. The number of benzene rings is 4. The van der Waals surface area contributed by atoms with Crippen molar-refractivity contribution in [1.82, 2.24) is 9.97 Å². The number of nitrogens with zero attached hydrogens (tertiary/aromatic N) is 2. The largest absolute Gasteiger partial charge is 0.365 e. The molecule has 0 saturated heterocycles. The zero-order chi connectivity index (χ0) is 31.7. The Kier molecular flexibility index (Phi) is 7.67. The summed E-state index contributed by atoms with van der Waals surface area (Å²) < 4.78 is 0. The molecule has 0 fully saturated rings. The minimum absolute atomic E-state index is 0.00679. The number of H-pyrrole nitrogens is 2. The van der Waals surface area contributed by atoms with E-state index in [1.54, 1.807) is 60.7 Å². The number of anilines is 2. The van der Waals surface area contributed by atoms with Gasteiger partial charge in [0, 0.05) is 28.7 Å². The summed E-state index contributed by atoms with van der Waals surface area (Å²) in [6.45, 7) is 0. The Morgan fingerprint density at radius 1 is 0.778 bits per heavy atom. The van der Waals surface area contributed by atoms with Crippen LogP contribution < -0.4 is 26.9 Å². The molecule has 10 nitrogen and oxygen atoms in total. The molecule has 4 aromatic carbocycles. The molecule has 45 heavy (non-hydrogen) atoms. The van der Waals surface area contributed by atoms with Crippen LogP contribution in [-0.4, -0.2) is 26.9 Å². The molecule has 0 aliphatic heterocycles. The van der Waals surface area contributed by atoms with Crippen LogP contribution >= 0.6 is 11.6 Å². The molecule has 2 amide bonds. The Morgan fingerprint density at radius 2 is 1.38 bits per heavy atom. The second-order valence-corrected chi connectivity index (χ2v) is 10.8. The molecule has 5 N–H and O–H groups in total. The van der Waals surface area contributed by atoms with Crippen molar-refractivity contribution in [2.24, 2.45) is 5.73 Å². The highest BCUT2D eigenvalue weighted by molar-refractivity contribution is 6.34. The number of hydrazine groups is 1. The summed E-state index contributed by atoms with van der Waals surface area (Å²) in [4.78, 5) is 58.4. The van der Waals surface area contributed by atoms with Gasteiger partial charge in [0.25, 0.3) is 22.8 Å². The Labute approximate surface area is 260 Å². The second kappa shape index (κ2) is 11.8. The summed E-state index contributed by atoms with van der Waals surface area (Å²) in [7, 11) is 0. The number of aliphatic hydroxyl groups is 1. The molecule has 0 aliphatic carbocycles. The molecular weight excluding hydrogens is 594 g/mol. The number of rotatable bonds is 8. The molecule has 0 spiro atoms. The van der Waals surface area contributed by atoms with Crippen LogP contribution in [0.1, 0.15) is 11.1 Å². The lowest BCUT2D eigenvalue weighted by Crippen LogP contribution is -2.64. The summed E-state index contributed by atoms with van der Waals surface area (Å²) >= 11 is 6.84. The SMILES string of the molecule is NC(=O)[C@](O)(c1ccccc1)N(c1cc2cc[nH]c(=O)c2cc1Cl)N(C(=O)Cc1ccccc1)c1ccc2c(=O)[nH]ccc2c1. The number of amides is 2. The third-order valence-electron chi connectivity index (χ3n) is 7.53. The third kappa shape index (κ3) is 5.33. The van der Waals surface area contributed by atoms with E-state index in [1.165, 1.54) is 48.8 Å². The summed E-state index contributed by atoms with van der Waals surface area (Å²) in [5, 5.41) is 16.2. The summed E-state index contributed by atoms with van der Waals surface area (Å²) in [6, 6.07) is 27.7. The van der Waals surface area contributed by atoms with Gasteiger partial charge in [0.1, 0.15) is 0 Å². The van der Waals surface area contributed by atoms with E-state index >= 15 is 0 Å². The average molecular weight is 620 g/mol. The number of carbonyl (C=O) groups excluding carboxylic acids is 2. The lowest BCUT2D eigenvalue weighted by molar-refractivity contribution is -0.138. The molecule has 0 saturated carbocycles. The van der Waals surface area contributed by atoms with E-state index in [-0.39, 0.29) is 39.3 Å². The van der Waals surface area contributed by atoms with Crippen molar-refractivity contribution in [2.75, 3.05) is 10.0 Å². The third-order valence-corrected chi connectivity index (χ3v) is 7.83. The predicted molar refractivity (Wildman–Crippen MR) is 174 cm³/mol. The van der Waals surface area contributed by atoms with Gasteiger partial charge in [-0.15, -0.1) is 0 Å². The number of carbonyl (C=O) groups is 2. The quantitative estimate of drug-likeness (QED) is 0.147. The van der Waals surface area contributed by atoms with E-state index in [0.717, 1.165) is 10.0 Å². The minimum Gasteiger partial charge on any atom is -0.365 e. The van der Waals surface area contributed by atoms with Crippen LogP contribution in [0.25, 0.3) is 21.5 Å². The van der Waals surface area contributed by atoms with Gasteiger partial charge in [0.05, 0.1) is 22.8 Å². The number of primary amides is 1. The molecule has 11 heteroatoms. The van der Waals surface area contributed by atoms with E-state index < -0.39 is 23.1 Å². The van der Waals surface area contributed by atoms with Crippen molar-refractivity contribution in [2.45, 2.75) is 12.1 Å². The number of nitrogens with one attached hydrogen (secondary N) is 2. The zero-order valence-electron chi connectivity index (χ0n) is 23.6. The van der Waals surface area contributed by atoms with Gasteiger partial charge in [-0.3, -0.25) is 19.2 Å². The average Bonchev–Trinajstić information content (AvgIpc) is 3.04. The second-order valence-electron chi connectivity index (χ2n) is 10.4. The van der Waals surface area contributed by atoms with Crippen LogP contribution in [0.4, 0.5) is 11.4 Å². The van der Waals surface area contributed by atoms with E-state index in [9.17, 15) is 24.3 Å². The van der Waals surface area contributed by atoms with Gasteiger partial charge in [-0.2, -0.15) is 0 Å². The number of hydrogen-bond donors (Lipinski definition) is 4. The maximum absolute atomic E-state index is 14.5. The van der Waals surface area contributed by atoms with Gasteiger partial charge < -0.3 is 20.8 Å². The van der Waals surface area contributed by atoms with Crippen LogP contribution in [0.5, 0.6) is 0 Å². The lowest BCUT2D eigenvalue weighted by atomic mass is 9.99. The van der Waals surface area contributed by atoms with Gasteiger partial charge in [-0.1, -0.05) is 72.3 Å². The van der Waals surface area contributed by atoms with Gasteiger partial charge in [0.2, 0.25) is 5.91 Å². The number of hydrogen-bond acceptors (Lipinski definition) is 6. The lowest BCUT2D eigenvalue weighted by Gasteiger charge is -2.45. The first-order valence-electron chi connectivity index (χ1n) is 13.9. The number of nitrogens with two attached hydrogens (primary N) is 1. The molecule has 2 heterocycles. The van der Waals surface area contributed by atoms with Crippen LogP contribution in [0.3, 0.4) is 0 Å². The number of fused-ring (bicyclic) bond motifs is 2. The van der Waals surface area contributed by atoms with Crippen molar-refractivity contribution >= 4 is 56.3 Å². The molecule has 0 aliphatic rings. The molecule has 224 valence electrons. The van der Waals surface area contributed by atoms with Crippen molar-refractivity contribution in [3.8, 4) is 0 Å². The highest BCUT2D eigenvalue weighted by Crippen LogP contribution is 2.41. The first-order chi connectivity index (χ1) is 21.7. The summed E-state index contributed by atoms with van der Waals surface area (Å²) in [5.74, 6) is -1.77. The molecule has 0 radical (unpaired) electrons. The van der Waals surface area contributed by atoms with Crippen LogP contribution in [0.15, 0.2) is 125 Å². The molecule has 2 aromatic heterocycles. The minimum atomic E-state index is -2.69. The van der Waals surface area contributed by atoms with E-state index in [0.29, 0.717) is 21.7 Å². The Hall–Kier alpha value is -5.71. The standard InChI is InChI=1S/C34H26ClN5O5/c35-28-20-27-23(14-16-38-32(27)43)19-29(28)40(34(45,33(36)44)24-9-5-2-6-10-24)39(30(41)17-21-7-3-1-4-8-21)25-11-12-26-22(18-25)13-15-37-31(26)42/h1-16,18-20,45H,17H2,(H2,36,44)(H,37,42)(H,38,43)/t34-/m1/s1. The molecule has 6 aromatic rings. The Bertz CT molecular complexity index is 2190. The summed E-state index contributed by atoms with van der Waals surface area (Å²) in [5.41, 5.74) is 3.48. The van der Waals surface area contributed by atoms with Gasteiger partial charge in [-0.05, 0) is 58.8 Å². The number of halogens is 1. The fourth-order valence-electron chi connectivity index (χ4n) is 5.35. The van der Waals surface area contributed by atoms with Crippen molar-refractivity contribution in [3.05, 3.63) is 152 Å². The maximum atomic E-state index is 14.5. The van der Waals surface area contributed by atoms with Crippen molar-refractivity contribution in [3.63, 3.8) is 0 Å². The summed E-state index contributed by atoms with van der Waals surface area (Å²) in [6.07, 6.45) is 2.77. The fraction of sp³-hybridized carbons (Fsp3) is 0.0588. The van der Waals surface area contributed by atoms with Crippen LogP contribution in [-0.2, 0) is 21.7 Å². The van der Waals surface area contributed by atoms with E-state index in [4.69, 9.17) is 17.3 Å². The smallest absolute Gasteiger partial charge is 0.277 e. The zero-order valence-corrected chi connectivity index (χ0v) is 24.4. The Morgan fingerprint density at radius 3 is 2.02 bits per heavy atom. The van der Waals surface area contributed by atoms with E-state index in [2.05, 4.69) is 9.97 Å². The first kappa shape index (κ1) is 29.4. The van der Waals surface area contributed by atoms with Gasteiger partial charge >= 0.3 is 0 Å². The predicted octanol–water partition coefficient (Wildman–Crippen LogP) is 4.35. The fourth-order valence-corrected chi connectivity index (χ4v) is 5.60. The number of aromatic amines is 2. The number of aromatic nitrogens is 2. The monoisotopic (exact) mass is 619 g/mol. The van der Waals surface area contributed by atoms with E-state index in [1.807, 2.05) is 6.07 Å². The molecule has 0 unspecified atom stereocenters. The topological polar surface area (TPSA) is 153 Å². The highest BCUT2D eigenvalue weighted by atomic mass is 35.5. The highest BCUT2D eigenvalue weighted by Gasteiger charge is 2.48. The molecule has 0 bridgehead atoms. The van der Waals surface area contributed by atoms with Crippen molar-refractivity contribution < 1.29 is 14.7 Å². The normalized spacial score (nSPS) is 12.5. The molecule has 6 rings (SSSR count). The van der Waals surface area contributed by atoms with Crippen LogP contribution in [0.2, 0.25) is 5.02 Å². The first-order valence-corrected chi connectivity index (χ1v) is 14.2. The Balaban J connectivity index is 1.69. The van der Waals surface area contributed by atoms with Crippen LogP contribution in [0, 0.1) is 0 Å². The molecular formula is C34H26ClN5O5. The molecule has 1 atom stereocenters. The van der Waals surface area contributed by atoms with Gasteiger partial charge in [0.15, 0.2) is 0 Å². The number of pyridine rings is 2. The van der Waals surface area contributed by atoms with Gasteiger partial charge in [-0.25, -0.2) is 10.0 Å².